The van der Waals surface area contributed by atoms with E-state index in [4.69, 9.17) is 9.05 Å². The van der Waals surface area contributed by atoms with Crippen LogP contribution in [0.3, 0.4) is 0 Å². The number of phosphoric ester groups is 1. The van der Waals surface area contributed by atoms with Gasteiger partial charge in [-0.3, -0.25) is 9.36 Å². The van der Waals surface area contributed by atoms with Crippen LogP contribution in [-0.4, -0.2) is 68.5 Å². The third-order valence-corrected chi connectivity index (χ3v) is 14.0. The number of nitrogens with zero attached hydrogens (tertiary/aromatic N) is 1. The number of carbonyl (C=O) groups is 1. The van der Waals surface area contributed by atoms with Crippen LogP contribution in [0.25, 0.3) is 0 Å². The van der Waals surface area contributed by atoms with Crippen molar-refractivity contribution in [1.82, 2.24) is 5.32 Å². The number of unbranched alkanes of at least 4 members (excludes halogenated alkanes) is 29. The Balaban J connectivity index is 4.28. The van der Waals surface area contributed by atoms with Crippen LogP contribution in [0.5, 0.6) is 0 Å². The zero-order valence-electron chi connectivity index (χ0n) is 47.6. The number of phosphoric acid groups is 1. The quantitative estimate of drug-likeness (QED) is 0.0272. The van der Waals surface area contributed by atoms with Crippen molar-refractivity contribution < 1.29 is 32.9 Å². The fourth-order valence-electron chi connectivity index (χ4n) is 8.41. The smallest absolute Gasteiger partial charge is 0.268 e. The Morgan fingerprint density at radius 1 is 0.500 bits per heavy atom. The molecule has 0 aromatic heterocycles. The van der Waals surface area contributed by atoms with Gasteiger partial charge < -0.3 is 28.8 Å². The third-order valence-electron chi connectivity index (χ3n) is 13.1. The Kier molecular flexibility index (Phi) is 51.8. The summed E-state index contributed by atoms with van der Waals surface area (Å²) in [7, 11) is 1.23. The van der Waals surface area contributed by atoms with Gasteiger partial charge in [-0.1, -0.05) is 253 Å². The van der Waals surface area contributed by atoms with E-state index in [1.54, 1.807) is 6.08 Å². The van der Waals surface area contributed by atoms with Crippen molar-refractivity contribution in [3.63, 3.8) is 0 Å². The monoisotopic (exact) mass is 1030 g/mol. The molecule has 0 aromatic rings. The zero-order valence-corrected chi connectivity index (χ0v) is 48.5. The van der Waals surface area contributed by atoms with E-state index >= 15 is 0 Å². The molecular weight excluding hydrogens is 912 g/mol. The second kappa shape index (κ2) is 53.5. The molecule has 2 N–H and O–H groups in total. The number of hydrogen-bond acceptors (Lipinski definition) is 6. The topological polar surface area (TPSA) is 108 Å². The van der Waals surface area contributed by atoms with E-state index in [1.807, 2.05) is 27.2 Å². The molecule has 8 nitrogen and oxygen atoms in total. The molecule has 0 radical (unpaired) electrons. The predicted molar refractivity (Wildman–Crippen MR) is 311 cm³/mol. The van der Waals surface area contributed by atoms with Crippen LogP contribution >= 0.6 is 7.82 Å². The van der Waals surface area contributed by atoms with Crippen LogP contribution < -0.4 is 10.2 Å². The number of allylic oxidation sites excluding steroid dienone is 13. The standard InChI is InChI=1S/C63H115N2O6P/c1-6-8-10-12-14-16-18-20-22-24-26-28-30-31-32-33-35-36-38-40-42-44-46-48-50-52-54-56-62(66)61(60-71-72(68,69)70-59-58-65(3,4)5)64-63(67)57-55-53-51-49-47-45-43-41-39-37-34-29-27-25-23-21-19-17-15-13-11-9-7-2/h9,11,15,17,21,23,27,29,38,40,46,48,54,56,61-62,66H,6-8,10,12-14,16,18-20,22,24-26,28,30-37,39,41-45,47,49-53,55,57-60H2,1-5H3,(H-,64,67,68,69)/b11-9-,17-15-,23-21-,29-27-,40-38+,48-46+,56-54+. The molecule has 0 aliphatic carbocycles. The molecule has 9 heteroatoms. The third kappa shape index (κ3) is 55.4. The predicted octanol–water partition coefficient (Wildman–Crippen LogP) is 17.8. The van der Waals surface area contributed by atoms with Gasteiger partial charge in [-0.25, -0.2) is 0 Å². The molecule has 0 spiro atoms. The van der Waals surface area contributed by atoms with E-state index < -0.39 is 26.6 Å². The molecule has 0 aromatic carbocycles. The van der Waals surface area contributed by atoms with Crippen molar-refractivity contribution in [2.75, 3.05) is 40.9 Å². The van der Waals surface area contributed by atoms with Crippen molar-refractivity contribution in [1.29, 1.82) is 0 Å². The minimum absolute atomic E-state index is 0.0135. The molecule has 0 rings (SSSR count). The van der Waals surface area contributed by atoms with Crippen LogP contribution in [0.2, 0.25) is 0 Å². The Morgan fingerprint density at radius 2 is 0.861 bits per heavy atom. The number of carbonyl (C=O) groups excluding carboxylic acids is 1. The second-order valence-electron chi connectivity index (χ2n) is 21.3. The van der Waals surface area contributed by atoms with Gasteiger partial charge >= 0.3 is 0 Å². The van der Waals surface area contributed by atoms with Gasteiger partial charge in [0.15, 0.2) is 0 Å². The van der Waals surface area contributed by atoms with Crippen molar-refractivity contribution in [3.8, 4) is 0 Å². The van der Waals surface area contributed by atoms with Gasteiger partial charge in [-0.15, -0.1) is 0 Å². The summed E-state index contributed by atoms with van der Waals surface area (Å²) in [5.41, 5.74) is 0. The minimum Gasteiger partial charge on any atom is -0.756 e. The number of hydrogen-bond donors (Lipinski definition) is 2. The van der Waals surface area contributed by atoms with Crippen molar-refractivity contribution in [3.05, 3.63) is 85.1 Å². The highest BCUT2D eigenvalue weighted by atomic mass is 31.2. The Bertz CT molecular complexity index is 1450. The second-order valence-corrected chi connectivity index (χ2v) is 22.7. The maximum Gasteiger partial charge on any atom is 0.268 e. The largest absolute Gasteiger partial charge is 0.756 e. The summed E-state index contributed by atoms with van der Waals surface area (Å²) in [6, 6.07) is -0.918. The molecule has 72 heavy (non-hydrogen) atoms. The SMILES string of the molecule is CC/C=C\C/C=C\C/C=C\C/C=C\CCCCCCCCCCCCC(=O)NC(COP(=O)([O-])OCC[N+](C)(C)C)C(O)/C=C/CC/C=C/CC/C=C/CCCCCCCCCCCCCCCCCCC. The van der Waals surface area contributed by atoms with E-state index in [1.165, 1.54) is 161 Å². The number of aliphatic hydroxyl groups is 1. The summed E-state index contributed by atoms with van der Waals surface area (Å²) in [5, 5.41) is 13.9. The first-order valence-corrected chi connectivity index (χ1v) is 31.4. The first-order chi connectivity index (χ1) is 35.0. The zero-order chi connectivity index (χ0) is 52.7. The lowest BCUT2D eigenvalue weighted by Gasteiger charge is -2.29. The van der Waals surface area contributed by atoms with E-state index in [0.29, 0.717) is 17.4 Å². The van der Waals surface area contributed by atoms with Gasteiger partial charge in [0.25, 0.3) is 7.82 Å². The van der Waals surface area contributed by atoms with Crippen LogP contribution in [-0.2, 0) is 18.4 Å². The molecule has 3 atom stereocenters. The molecule has 3 unspecified atom stereocenters. The van der Waals surface area contributed by atoms with Crippen molar-refractivity contribution in [2.24, 2.45) is 0 Å². The molecule has 0 heterocycles. The summed E-state index contributed by atoms with van der Waals surface area (Å²) < 4.78 is 23.3. The maximum absolute atomic E-state index is 13.0. The van der Waals surface area contributed by atoms with Crippen LogP contribution in [0.1, 0.15) is 258 Å². The maximum atomic E-state index is 13.0. The van der Waals surface area contributed by atoms with Gasteiger partial charge in [0.05, 0.1) is 39.9 Å². The number of aliphatic hydroxyl groups excluding tert-OH is 1. The molecule has 1 amide bonds. The lowest BCUT2D eigenvalue weighted by molar-refractivity contribution is -0.870. The van der Waals surface area contributed by atoms with Crippen molar-refractivity contribution in [2.45, 2.75) is 270 Å². The molecule has 0 saturated heterocycles. The van der Waals surface area contributed by atoms with Crippen molar-refractivity contribution >= 4 is 13.7 Å². The molecule has 0 aliphatic heterocycles. The average molecular weight is 1030 g/mol. The fourth-order valence-corrected chi connectivity index (χ4v) is 9.14. The molecule has 0 fully saturated rings. The number of rotatable bonds is 54. The minimum atomic E-state index is -4.62. The van der Waals surface area contributed by atoms with Gasteiger partial charge in [0.1, 0.15) is 13.2 Å². The molecule has 418 valence electrons. The molecule has 0 aliphatic rings. The van der Waals surface area contributed by atoms with E-state index in [2.05, 4.69) is 92.1 Å². The lowest BCUT2D eigenvalue weighted by Crippen LogP contribution is -2.45. The lowest BCUT2D eigenvalue weighted by atomic mass is 10.0. The summed E-state index contributed by atoms with van der Waals surface area (Å²) in [6.45, 7) is 4.52. The van der Waals surface area contributed by atoms with E-state index in [0.717, 1.165) is 77.0 Å². The first-order valence-electron chi connectivity index (χ1n) is 29.9. The summed E-state index contributed by atoms with van der Waals surface area (Å²) in [5.74, 6) is -0.217. The highest BCUT2D eigenvalue weighted by Gasteiger charge is 2.23. The summed E-state index contributed by atoms with van der Waals surface area (Å²) in [4.78, 5) is 25.5. The molecule has 0 saturated carbocycles. The highest BCUT2D eigenvalue weighted by molar-refractivity contribution is 7.45. The van der Waals surface area contributed by atoms with Crippen LogP contribution in [0.15, 0.2) is 85.1 Å². The number of quaternary nitrogens is 1. The average Bonchev–Trinajstić information content (AvgIpc) is 3.34. The number of nitrogens with one attached hydrogen (secondary N) is 1. The molecule has 0 bridgehead atoms. The van der Waals surface area contributed by atoms with E-state index in [9.17, 15) is 19.4 Å². The van der Waals surface area contributed by atoms with E-state index in [-0.39, 0.29) is 12.5 Å². The molecular formula is C63H115N2O6P. The highest BCUT2D eigenvalue weighted by Crippen LogP contribution is 2.38. The Labute approximate surface area is 446 Å². The fraction of sp³-hybridized carbons (Fsp3) is 0.762. The van der Waals surface area contributed by atoms with Crippen LogP contribution in [0, 0.1) is 0 Å². The first kappa shape index (κ1) is 69.7. The summed E-state index contributed by atoms with van der Waals surface area (Å²) >= 11 is 0. The number of amides is 1. The van der Waals surface area contributed by atoms with Crippen LogP contribution in [0.4, 0.5) is 0 Å². The Hall–Kier alpha value is -2.32. The van der Waals surface area contributed by atoms with Gasteiger partial charge in [-0.05, 0) is 83.5 Å². The Morgan fingerprint density at radius 3 is 1.29 bits per heavy atom. The normalized spacial score (nSPS) is 14.5. The van der Waals surface area contributed by atoms with Gasteiger partial charge in [0.2, 0.25) is 5.91 Å². The number of likely N-dealkylation sites (N-methyl/N-ethyl adjacent to an activating group) is 1. The summed E-state index contributed by atoms with van der Waals surface area (Å²) in [6.07, 6.45) is 75.3. The van der Waals surface area contributed by atoms with Gasteiger partial charge in [0, 0.05) is 6.42 Å². The van der Waals surface area contributed by atoms with Gasteiger partial charge in [-0.2, -0.15) is 0 Å².